The van der Waals surface area contributed by atoms with Crippen molar-refractivity contribution in [1.29, 1.82) is 0 Å². The summed E-state index contributed by atoms with van der Waals surface area (Å²) in [4.78, 5) is 0.0343. The first-order valence-corrected chi connectivity index (χ1v) is 12.8. The Hall–Kier alpha value is -1.04. The van der Waals surface area contributed by atoms with Crippen LogP contribution < -0.4 is 0 Å². The van der Waals surface area contributed by atoms with Gasteiger partial charge in [0.15, 0.2) is 0 Å². The van der Waals surface area contributed by atoms with E-state index in [0.29, 0.717) is 0 Å². The van der Waals surface area contributed by atoms with Gasteiger partial charge in [0.05, 0.1) is 23.0 Å². The van der Waals surface area contributed by atoms with E-state index in [4.69, 9.17) is 8.37 Å². The summed E-state index contributed by atoms with van der Waals surface area (Å²) in [5, 5.41) is 0. The van der Waals surface area contributed by atoms with Gasteiger partial charge in [-0.25, -0.2) is 0 Å². The minimum Gasteiger partial charge on any atom is -0.266 e. The minimum absolute atomic E-state index is 0.0172. The zero-order valence-electron chi connectivity index (χ0n) is 16.1. The van der Waals surface area contributed by atoms with Crippen molar-refractivity contribution < 1.29 is 25.2 Å². The van der Waals surface area contributed by atoms with Gasteiger partial charge in [0.2, 0.25) is 0 Å². The van der Waals surface area contributed by atoms with Crippen LogP contribution in [-0.4, -0.2) is 41.6 Å². The highest BCUT2D eigenvalue weighted by Gasteiger charge is 2.33. The lowest BCUT2D eigenvalue weighted by Gasteiger charge is -2.29. The molecular formula is C19H24O6S4. The molecule has 0 aliphatic carbocycles. The molecule has 0 amide bonds. The quantitative estimate of drug-likeness (QED) is 0.404. The lowest BCUT2D eigenvalue weighted by molar-refractivity contribution is 0.126. The average Bonchev–Trinajstić information content (AvgIpc) is 2.69. The molecule has 0 aromatic heterocycles. The van der Waals surface area contributed by atoms with Crippen LogP contribution in [0.2, 0.25) is 0 Å². The van der Waals surface area contributed by atoms with Gasteiger partial charge in [-0.15, -0.1) is 0 Å². The maximum absolute atomic E-state index is 12.4. The molecule has 160 valence electrons. The molecule has 0 spiro atoms. The number of hydrogen-bond donors (Lipinski definition) is 2. The fraction of sp³-hybridized carbons (Fsp3) is 0.368. The predicted octanol–water partition coefficient (Wildman–Crippen LogP) is 3.26. The second kappa shape index (κ2) is 9.84. The molecule has 0 saturated heterocycles. The largest absolute Gasteiger partial charge is 0.296 e. The molecule has 0 N–H and O–H groups in total. The van der Waals surface area contributed by atoms with Crippen LogP contribution in [0, 0.1) is 19.3 Å². The minimum atomic E-state index is -4.01. The van der Waals surface area contributed by atoms with Crippen molar-refractivity contribution in [2.75, 3.05) is 24.7 Å². The number of hydrogen-bond acceptors (Lipinski definition) is 8. The lowest BCUT2D eigenvalue weighted by Crippen LogP contribution is -2.38. The van der Waals surface area contributed by atoms with Crippen LogP contribution in [0.3, 0.4) is 0 Å². The van der Waals surface area contributed by atoms with Crippen molar-refractivity contribution >= 4 is 45.5 Å². The first-order valence-electron chi connectivity index (χ1n) is 8.68. The maximum Gasteiger partial charge on any atom is 0.296 e. The van der Waals surface area contributed by atoms with Crippen molar-refractivity contribution in [3.05, 3.63) is 59.7 Å². The second-order valence-corrected chi connectivity index (χ2v) is 10.7. The summed E-state index contributed by atoms with van der Waals surface area (Å²) in [5.74, 6) is 0.229. The molecule has 2 aromatic rings. The van der Waals surface area contributed by atoms with Crippen molar-refractivity contribution in [3.63, 3.8) is 0 Å². The number of rotatable bonds is 10. The molecule has 0 heterocycles. The molecule has 0 unspecified atom stereocenters. The Balaban J connectivity index is 2.12. The average molecular weight is 477 g/mol. The number of thiol groups is 2. The molecule has 29 heavy (non-hydrogen) atoms. The molecule has 0 bridgehead atoms. The van der Waals surface area contributed by atoms with Gasteiger partial charge in [-0.05, 0) is 38.1 Å². The van der Waals surface area contributed by atoms with Crippen LogP contribution in [0.15, 0.2) is 58.3 Å². The Kier molecular flexibility index (Phi) is 8.23. The zero-order chi connectivity index (χ0) is 21.7. The Bertz CT molecular complexity index is 928. The number of benzene rings is 2. The summed E-state index contributed by atoms with van der Waals surface area (Å²) in [6, 6.07) is 12.5. The fourth-order valence-electron chi connectivity index (χ4n) is 2.23. The van der Waals surface area contributed by atoms with Gasteiger partial charge in [-0.3, -0.25) is 8.37 Å². The first-order chi connectivity index (χ1) is 13.5. The monoisotopic (exact) mass is 476 g/mol. The van der Waals surface area contributed by atoms with Crippen LogP contribution in [0.25, 0.3) is 0 Å². The summed E-state index contributed by atoms with van der Waals surface area (Å²) >= 11 is 8.49. The molecule has 0 aliphatic rings. The van der Waals surface area contributed by atoms with E-state index in [1.807, 2.05) is 13.8 Å². The Labute approximate surface area is 183 Å². The SMILES string of the molecule is Cc1ccc(S(=O)(=O)OCC(CS)(CS)COS(=O)(=O)c2ccc(C)cc2)cc1. The van der Waals surface area contributed by atoms with Crippen molar-refractivity contribution in [3.8, 4) is 0 Å². The molecule has 0 atom stereocenters. The standard InChI is InChI=1S/C19H24O6S4/c1-15-3-7-17(8-4-15)28(20,21)24-11-19(13-26,14-27)12-25-29(22,23)18-9-5-16(2)6-10-18/h3-10,26-27H,11-14H2,1-2H3. The van der Waals surface area contributed by atoms with E-state index in [1.54, 1.807) is 24.3 Å². The Morgan fingerprint density at radius 3 is 1.28 bits per heavy atom. The van der Waals surface area contributed by atoms with E-state index in [1.165, 1.54) is 24.3 Å². The smallest absolute Gasteiger partial charge is 0.266 e. The fourth-order valence-corrected chi connectivity index (χ4v) is 5.01. The summed E-state index contributed by atoms with van der Waals surface area (Å²) in [6.07, 6.45) is 0. The van der Waals surface area contributed by atoms with E-state index in [9.17, 15) is 16.8 Å². The van der Waals surface area contributed by atoms with E-state index >= 15 is 0 Å². The molecular weight excluding hydrogens is 452 g/mol. The van der Waals surface area contributed by atoms with Crippen molar-refractivity contribution in [2.24, 2.45) is 5.41 Å². The van der Waals surface area contributed by atoms with Crippen LogP contribution in [-0.2, 0) is 28.6 Å². The molecule has 0 aliphatic heterocycles. The van der Waals surface area contributed by atoms with E-state index in [2.05, 4.69) is 25.3 Å². The van der Waals surface area contributed by atoms with Crippen LogP contribution in [0.5, 0.6) is 0 Å². The normalized spacial score (nSPS) is 12.8. The van der Waals surface area contributed by atoms with Crippen LogP contribution in [0.4, 0.5) is 0 Å². The van der Waals surface area contributed by atoms with Gasteiger partial charge in [0, 0.05) is 16.9 Å². The summed E-state index contributed by atoms with van der Waals surface area (Å²) in [6.45, 7) is 3.05. The predicted molar refractivity (Wildman–Crippen MR) is 119 cm³/mol. The molecule has 0 fully saturated rings. The summed E-state index contributed by atoms with van der Waals surface area (Å²) in [5.41, 5.74) is 0.805. The van der Waals surface area contributed by atoms with Crippen LogP contribution in [0.1, 0.15) is 11.1 Å². The van der Waals surface area contributed by atoms with Crippen LogP contribution >= 0.6 is 25.3 Å². The van der Waals surface area contributed by atoms with Crippen molar-refractivity contribution in [1.82, 2.24) is 0 Å². The maximum atomic E-state index is 12.4. The van der Waals surface area contributed by atoms with Gasteiger partial charge in [-0.2, -0.15) is 42.1 Å². The Morgan fingerprint density at radius 2 is 1.00 bits per heavy atom. The third-order valence-electron chi connectivity index (χ3n) is 4.33. The molecule has 2 rings (SSSR count). The van der Waals surface area contributed by atoms with Gasteiger partial charge in [0.1, 0.15) is 0 Å². The molecule has 10 heteroatoms. The number of aryl methyl sites for hydroxylation is 2. The van der Waals surface area contributed by atoms with E-state index in [-0.39, 0.29) is 34.5 Å². The van der Waals surface area contributed by atoms with Gasteiger partial charge < -0.3 is 0 Å². The molecule has 0 saturated carbocycles. The highest BCUT2D eigenvalue weighted by atomic mass is 32.2. The summed E-state index contributed by atoms with van der Waals surface area (Å²) < 4.78 is 60.2. The molecule has 6 nitrogen and oxygen atoms in total. The zero-order valence-corrected chi connectivity index (χ0v) is 19.5. The first kappa shape index (κ1) is 24.2. The Morgan fingerprint density at radius 1 is 0.690 bits per heavy atom. The second-order valence-electron chi connectivity index (χ2n) is 6.87. The van der Waals surface area contributed by atoms with Gasteiger partial charge in [0.25, 0.3) is 20.2 Å². The third-order valence-corrected chi connectivity index (χ3v) is 8.23. The van der Waals surface area contributed by atoms with Gasteiger partial charge in [-0.1, -0.05) is 35.4 Å². The summed E-state index contributed by atoms with van der Waals surface area (Å²) in [7, 11) is -8.03. The van der Waals surface area contributed by atoms with E-state index < -0.39 is 25.7 Å². The topological polar surface area (TPSA) is 86.7 Å². The molecule has 0 radical (unpaired) electrons. The highest BCUT2D eigenvalue weighted by Crippen LogP contribution is 2.27. The highest BCUT2D eigenvalue weighted by molar-refractivity contribution is 7.87. The van der Waals surface area contributed by atoms with E-state index in [0.717, 1.165) is 11.1 Å². The third kappa shape index (κ3) is 6.47. The molecule has 2 aromatic carbocycles. The lowest BCUT2D eigenvalue weighted by atomic mass is 9.96. The van der Waals surface area contributed by atoms with Gasteiger partial charge >= 0.3 is 0 Å². The van der Waals surface area contributed by atoms with Crippen molar-refractivity contribution in [2.45, 2.75) is 23.6 Å².